The van der Waals surface area contributed by atoms with Gasteiger partial charge in [-0.3, -0.25) is 0 Å². The molecule has 0 unspecified atom stereocenters. The van der Waals surface area contributed by atoms with E-state index in [1.807, 2.05) is 0 Å². The van der Waals surface area contributed by atoms with Crippen LogP contribution in [0, 0.1) is 29.1 Å². The summed E-state index contributed by atoms with van der Waals surface area (Å²) >= 11 is 0. The molecule has 0 saturated heterocycles. The Bertz CT molecular complexity index is 695. The summed E-state index contributed by atoms with van der Waals surface area (Å²) in [5.74, 6) is 3.02. The predicted octanol–water partition coefficient (Wildman–Crippen LogP) is 5.73. The number of aliphatic hydroxyl groups excluding tert-OH is 2. The van der Waals surface area contributed by atoms with Crippen molar-refractivity contribution >= 4 is 0 Å². The molecular weight excluding hydrogens is 344 g/mol. The smallest absolute Gasteiger partial charge is 0.0811 e. The second kappa shape index (κ2) is 7.95. The third kappa shape index (κ3) is 3.96. The summed E-state index contributed by atoms with van der Waals surface area (Å²) < 4.78 is 0. The summed E-state index contributed by atoms with van der Waals surface area (Å²) in [6, 6.07) is 0. The zero-order valence-electron chi connectivity index (χ0n) is 17.7. The highest BCUT2D eigenvalue weighted by molar-refractivity contribution is 5.38. The van der Waals surface area contributed by atoms with Gasteiger partial charge in [-0.1, -0.05) is 50.3 Å². The van der Waals surface area contributed by atoms with Gasteiger partial charge in [-0.2, -0.15) is 0 Å². The Hall–Kier alpha value is -1.12. The fraction of sp³-hybridized carbons (Fsp3) is 0.692. The Morgan fingerprint density at radius 3 is 2.68 bits per heavy atom. The van der Waals surface area contributed by atoms with Crippen LogP contribution in [0.15, 0.2) is 47.6 Å². The van der Waals surface area contributed by atoms with Crippen LogP contribution in [0.3, 0.4) is 0 Å². The first-order valence-electron chi connectivity index (χ1n) is 11.5. The lowest BCUT2D eigenvalue weighted by Gasteiger charge is -2.44. The van der Waals surface area contributed by atoms with Gasteiger partial charge >= 0.3 is 0 Å². The molecule has 0 spiro atoms. The molecule has 0 radical (unpaired) electrons. The van der Waals surface area contributed by atoms with Crippen LogP contribution in [0.2, 0.25) is 0 Å². The van der Waals surface area contributed by atoms with Crippen LogP contribution in [0.4, 0.5) is 0 Å². The summed E-state index contributed by atoms with van der Waals surface area (Å²) in [7, 11) is 0. The number of hydrogen-bond acceptors (Lipinski definition) is 2. The van der Waals surface area contributed by atoms with Crippen LogP contribution in [0.1, 0.15) is 71.6 Å². The van der Waals surface area contributed by atoms with Crippen molar-refractivity contribution in [2.24, 2.45) is 29.1 Å². The minimum Gasteiger partial charge on any atom is -0.393 e. The predicted molar refractivity (Wildman–Crippen MR) is 116 cm³/mol. The number of hydrogen-bond donors (Lipinski definition) is 2. The summed E-state index contributed by atoms with van der Waals surface area (Å²) in [4.78, 5) is 0. The van der Waals surface area contributed by atoms with Gasteiger partial charge in [0.15, 0.2) is 0 Å². The van der Waals surface area contributed by atoms with E-state index in [4.69, 9.17) is 0 Å². The van der Waals surface area contributed by atoms with Gasteiger partial charge in [-0.05, 0) is 91.6 Å². The van der Waals surface area contributed by atoms with Gasteiger partial charge in [0.05, 0.1) is 12.2 Å². The molecule has 0 bridgehead atoms. The number of fused-ring (bicyclic) bond motifs is 1. The van der Waals surface area contributed by atoms with E-state index in [0.717, 1.165) is 23.0 Å². The monoisotopic (exact) mass is 382 g/mol. The normalized spacial score (nSPS) is 43.1. The number of rotatable bonds is 4. The largest absolute Gasteiger partial charge is 0.393 e. The first kappa shape index (κ1) is 20.2. The van der Waals surface area contributed by atoms with E-state index in [1.54, 1.807) is 5.57 Å². The van der Waals surface area contributed by atoms with Crippen LogP contribution in [0.25, 0.3) is 0 Å². The average Bonchev–Trinajstić information content (AvgIpc) is 3.41. The summed E-state index contributed by atoms with van der Waals surface area (Å²) in [6.45, 7) is 9.05. The molecule has 4 fully saturated rings. The maximum Gasteiger partial charge on any atom is 0.0811 e. The molecule has 0 heterocycles. The molecule has 4 aliphatic carbocycles. The Labute approximate surface area is 171 Å². The number of allylic oxidation sites excluding steroid dienone is 5. The molecule has 0 aliphatic heterocycles. The van der Waals surface area contributed by atoms with Crippen LogP contribution in [-0.2, 0) is 0 Å². The standard InChI is InChI=1S/C26H38O2/c1-17(6-7-19-8-9-19)23-12-13-24-20(5-4-14-26(23,24)3)10-11-21-15-22(27)16-25(28)18(21)2/h6-7,10-11,17,19,22-25,27-28H,2,4-5,8-9,12-16H2,1,3H3/b7-6+,20-10+,21-11-/t17-,22-,23-,24+,25+,26-/m1/s1. The zero-order chi connectivity index (χ0) is 19.9. The Morgan fingerprint density at radius 2 is 1.93 bits per heavy atom. The minimum atomic E-state index is -0.597. The van der Waals surface area contributed by atoms with E-state index in [9.17, 15) is 10.2 Å². The maximum atomic E-state index is 10.1. The average molecular weight is 383 g/mol. The molecule has 0 amide bonds. The summed E-state index contributed by atoms with van der Waals surface area (Å²) in [5.41, 5.74) is 3.83. The lowest BCUT2D eigenvalue weighted by atomic mass is 9.61. The highest BCUT2D eigenvalue weighted by Crippen LogP contribution is 2.59. The second-order valence-corrected chi connectivity index (χ2v) is 10.2. The number of aliphatic hydroxyl groups is 2. The fourth-order valence-corrected chi connectivity index (χ4v) is 6.36. The van der Waals surface area contributed by atoms with Gasteiger partial charge in [0.1, 0.15) is 0 Å². The first-order valence-corrected chi connectivity index (χ1v) is 11.5. The van der Waals surface area contributed by atoms with Gasteiger partial charge in [0.25, 0.3) is 0 Å². The van der Waals surface area contributed by atoms with Crippen molar-refractivity contribution in [1.29, 1.82) is 0 Å². The van der Waals surface area contributed by atoms with E-state index in [2.05, 4.69) is 44.7 Å². The van der Waals surface area contributed by atoms with Crippen molar-refractivity contribution in [3.05, 3.63) is 47.6 Å². The van der Waals surface area contributed by atoms with Crippen molar-refractivity contribution in [2.75, 3.05) is 0 Å². The van der Waals surface area contributed by atoms with E-state index in [1.165, 1.54) is 44.9 Å². The molecule has 4 rings (SSSR count). The molecule has 0 aromatic carbocycles. The molecule has 2 nitrogen and oxygen atoms in total. The summed E-state index contributed by atoms with van der Waals surface area (Å²) in [5, 5.41) is 20.1. The fourth-order valence-electron chi connectivity index (χ4n) is 6.36. The molecule has 4 aliphatic rings. The lowest BCUT2D eigenvalue weighted by molar-refractivity contribution is 0.0862. The van der Waals surface area contributed by atoms with Gasteiger partial charge < -0.3 is 10.2 Å². The first-order chi connectivity index (χ1) is 13.4. The van der Waals surface area contributed by atoms with E-state index < -0.39 is 12.2 Å². The van der Waals surface area contributed by atoms with Crippen LogP contribution in [-0.4, -0.2) is 22.4 Å². The van der Waals surface area contributed by atoms with Gasteiger partial charge in [-0.25, -0.2) is 0 Å². The van der Waals surface area contributed by atoms with Crippen molar-refractivity contribution in [2.45, 2.75) is 83.8 Å². The third-order valence-electron chi connectivity index (χ3n) is 8.25. The molecule has 2 N–H and O–H groups in total. The topological polar surface area (TPSA) is 40.5 Å². The van der Waals surface area contributed by atoms with Crippen molar-refractivity contribution in [1.82, 2.24) is 0 Å². The molecule has 154 valence electrons. The van der Waals surface area contributed by atoms with Crippen LogP contribution in [0.5, 0.6) is 0 Å². The molecule has 4 saturated carbocycles. The highest BCUT2D eigenvalue weighted by atomic mass is 16.3. The van der Waals surface area contributed by atoms with Crippen molar-refractivity contribution in [3.8, 4) is 0 Å². The molecule has 0 aromatic rings. The van der Waals surface area contributed by atoms with Gasteiger partial charge in [-0.15, -0.1) is 0 Å². The minimum absolute atomic E-state index is 0.415. The maximum absolute atomic E-state index is 10.1. The summed E-state index contributed by atoms with van der Waals surface area (Å²) in [6.07, 6.45) is 18.7. The molecular formula is C26H38O2. The highest BCUT2D eigenvalue weighted by Gasteiger charge is 2.50. The van der Waals surface area contributed by atoms with Gasteiger partial charge in [0, 0.05) is 6.42 Å². The molecule has 6 atom stereocenters. The van der Waals surface area contributed by atoms with Crippen LogP contribution >= 0.6 is 0 Å². The Balaban J connectivity index is 1.51. The van der Waals surface area contributed by atoms with Gasteiger partial charge in [0.2, 0.25) is 0 Å². The third-order valence-corrected chi connectivity index (χ3v) is 8.25. The quantitative estimate of drug-likeness (QED) is 0.610. The van der Waals surface area contributed by atoms with Crippen LogP contribution < -0.4 is 0 Å². The van der Waals surface area contributed by atoms with E-state index in [0.29, 0.717) is 30.1 Å². The molecule has 2 heteroatoms. The lowest BCUT2D eigenvalue weighted by Crippen LogP contribution is -2.35. The zero-order valence-corrected chi connectivity index (χ0v) is 17.7. The Morgan fingerprint density at radius 1 is 1.14 bits per heavy atom. The van der Waals surface area contributed by atoms with E-state index in [-0.39, 0.29) is 0 Å². The van der Waals surface area contributed by atoms with E-state index >= 15 is 0 Å². The Kier molecular flexibility index (Phi) is 5.73. The second-order valence-electron chi connectivity index (χ2n) is 10.2. The van der Waals surface area contributed by atoms with Crippen molar-refractivity contribution in [3.63, 3.8) is 0 Å². The SMILES string of the molecule is C=C1/C(=C\C=C2/CCC[C@]3(C)[C@@H]([C@H](C)/C=C/C4CC4)CC[C@@H]23)C[C@@H](O)C[C@@H]1O. The van der Waals surface area contributed by atoms with Crippen molar-refractivity contribution < 1.29 is 10.2 Å². The molecule has 0 aromatic heterocycles. The molecule has 28 heavy (non-hydrogen) atoms.